The molecule has 0 bridgehead atoms. The van der Waals surface area contributed by atoms with Crippen LogP contribution in [0.1, 0.15) is 24.9 Å². The van der Waals surface area contributed by atoms with Gasteiger partial charge in [0.1, 0.15) is 5.75 Å². The molecule has 1 aromatic rings. The Morgan fingerprint density at radius 3 is 2.74 bits per heavy atom. The first kappa shape index (κ1) is 15.5. The van der Waals surface area contributed by atoms with E-state index < -0.39 is 0 Å². The van der Waals surface area contributed by atoms with E-state index in [1.165, 1.54) is 0 Å². The van der Waals surface area contributed by atoms with Gasteiger partial charge in [-0.25, -0.2) is 0 Å². The standard InChI is InChI=1S/C14H22N2O3/c1-10(11-5-4-6-12(7-11)18-2)16-14(17)8-13(9-15)19-3/h4-7,10,13H,8-9,15H2,1-3H3,(H,16,17)/t10-,13?/m0/s1. The fourth-order valence-electron chi connectivity index (χ4n) is 1.76. The van der Waals surface area contributed by atoms with Crippen molar-refractivity contribution in [3.05, 3.63) is 29.8 Å². The summed E-state index contributed by atoms with van der Waals surface area (Å²) in [5.41, 5.74) is 6.48. The highest BCUT2D eigenvalue weighted by Gasteiger charge is 2.14. The Kier molecular flexibility index (Phi) is 6.32. The third-order valence-electron chi connectivity index (χ3n) is 2.98. The number of rotatable bonds is 7. The number of amides is 1. The van der Waals surface area contributed by atoms with E-state index in [2.05, 4.69) is 5.32 Å². The van der Waals surface area contributed by atoms with Crippen LogP contribution >= 0.6 is 0 Å². The molecule has 0 aliphatic rings. The van der Waals surface area contributed by atoms with Crippen LogP contribution in [-0.4, -0.2) is 32.8 Å². The average Bonchev–Trinajstić information content (AvgIpc) is 2.44. The Balaban J connectivity index is 2.58. The highest BCUT2D eigenvalue weighted by Crippen LogP contribution is 2.18. The summed E-state index contributed by atoms with van der Waals surface area (Å²) in [7, 11) is 3.17. The van der Waals surface area contributed by atoms with Gasteiger partial charge in [-0.05, 0) is 24.6 Å². The second-order valence-corrected chi connectivity index (χ2v) is 4.36. The van der Waals surface area contributed by atoms with Gasteiger partial charge in [-0.3, -0.25) is 4.79 Å². The lowest BCUT2D eigenvalue weighted by molar-refractivity contribution is -0.124. The quantitative estimate of drug-likeness (QED) is 0.778. The summed E-state index contributed by atoms with van der Waals surface area (Å²) in [6.07, 6.45) is 0.0268. The lowest BCUT2D eigenvalue weighted by Crippen LogP contribution is -2.33. The highest BCUT2D eigenvalue weighted by molar-refractivity contribution is 5.77. The monoisotopic (exact) mass is 266 g/mol. The van der Waals surface area contributed by atoms with Gasteiger partial charge >= 0.3 is 0 Å². The lowest BCUT2D eigenvalue weighted by atomic mass is 10.1. The van der Waals surface area contributed by atoms with Crippen molar-refractivity contribution in [3.8, 4) is 5.75 Å². The van der Waals surface area contributed by atoms with E-state index in [4.69, 9.17) is 15.2 Å². The molecule has 106 valence electrons. The van der Waals surface area contributed by atoms with Crippen molar-refractivity contribution in [1.82, 2.24) is 5.32 Å². The topological polar surface area (TPSA) is 73.6 Å². The van der Waals surface area contributed by atoms with Gasteiger partial charge < -0.3 is 20.5 Å². The molecule has 0 aromatic heterocycles. The number of methoxy groups -OCH3 is 2. The number of hydrogen-bond acceptors (Lipinski definition) is 4. The molecule has 5 heteroatoms. The molecule has 0 spiro atoms. The smallest absolute Gasteiger partial charge is 0.223 e. The molecule has 1 unspecified atom stereocenters. The molecule has 3 N–H and O–H groups in total. The van der Waals surface area contributed by atoms with Crippen molar-refractivity contribution >= 4 is 5.91 Å². The number of carbonyl (C=O) groups excluding carboxylic acids is 1. The predicted molar refractivity (Wildman–Crippen MR) is 74.0 cm³/mol. The first-order chi connectivity index (χ1) is 9.10. The lowest BCUT2D eigenvalue weighted by Gasteiger charge is -2.17. The molecule has 0 radical (unpaired) electrons. The second kappa shape index (κ2) is 7.76. The van der Waals surface area contributed by atoms with Gasteiger partial charge in [0.25, 0.3) is 0 Å². The molecule has 0 saturated heterocycles. The van der Waals surface area contributed by atoms with Crippen LogP contribution in [0.2, 0.25) is 0 Å². The van der Waals surface area contributed by atoms with Gasteiger partial charge in [0.05, 0.1) is 25.7 Å². The molecule has 0 saturated carbocycles. The number of nitrogens with two attached hydrogens (primary N) is 1. The fraction of sp³-hybridized carbons (Fsp3) is 0.500. The minimum Gasteiger partial charge on any atom is -0.497 e. The van der Waals surface area contributed by atoms with Gasteiger partial charge in [0.2, 0.25) is 5.91 Å². The molecule has 0 heterocycles. The Bertz CT molecular complexity index is 405. The number of hydrogen-bond donors (Lipinski definition) is 2. The predicted octanol–water partition coefficient (Wildman–Crippen LogP) is 1.24. The Labute approximate surface area is 114 Å². The Morgan fingerprint density at radius 2 is 2.16 bits per heavy atom. The number of carbonyl (C=O) groups is 1. The van der Waals surface area contributed by atoms with E-state index in [1.807, 2.05) is 31.2 Å². The first-order valence-electron chi connectivity index (χ1n) is 6.26. The molecule has 0 fully saturated rings. The molecule has 0 aliphatic heterocycles. The summed E-state index contributed by atoms with van der Waals surface area (Å²) < 4.78 is 10.2. The van der Waals surface area contributed by atoms with Gasteiger partial charge in [-0.2, -0.15) is 0 Å². The maximum Gasteiger partial charge on any atom is 0.223 e. The molecule has 1 aromatic carbocycles. The fourth-order valence-corrected chi connectivity index (χ4v) is 1.76. The summed E-state index contributed by atoms with van der Waals surface area (Å²) in [5, 5.41) is 2.92. The minimum absolute atomic E-state index is 0.0763. The van der Waals surface area contributed by atoms with E-state index >= 15 is 0 Å². The molecule has 1 rings (SSSR count). The van der Waals surface area contributed by atoms with Crippen molar-refractivity contribution in [1.29, 1.82) is 0 Å². The largest absolute Gasteiger partial charge is 0.497 e. The van der Waals surface area contributed by atoms with Gasteiger partial charge in [0.15, 0.2) is 0 Å². The maximum absolute atomic E-state index is 11.8. The van der Waals surface area contributed by atoms with Gasteiger partial charge in [0, 0.05) is 13.7 Å². The van der Waals surface area contributed by atoms with Crippen molar-refractivity contribution in [2.75, 3.05) is 20.8 Å². The number of ether oxygens (including phenoxy) is 2. The van der Waals surface area contributed by atoms with E-state index in [9.17, 15) is 4.79 Å². The number of nitrogens with one attached hydrogen (secondary N) is 1. The van der Waals surface area contributed by atoms with Crippen LogP contribution in [0, 0.1) is 0 Å². The SMILES string of the molecule is COc1cccc([C@H](C)NC(=O)CC(CN)OC)c1. The zero-order valence-corrected chi connectivity index (χ0v) is 11.7. The van der Waals surface area contributed by atoms with Crippen molar-refractivity contribution in [3.63, 3.8) is 0 Å². The summed E-state index contributed by atoms with van der Waals surface area (Å²) in [6, 6.07) is 7.53. The van der Waals surface area contributed by atoms with Crippen molar-refractivity contribution < 1.29 is 14.3 Å². The van der Waals surface area contributed by atoms with Crippen molar-refractivity contribution in [2.24, 2.45) is 5.73 Å². The molecule has 2 atom stereocenters. The van der Waals surface area contributed by atoms with Crippen LogP contribution in [0.5, 0.6) is 5.75 Å². The Morgan fingerprint density at radius 1 is 1.42 bits per heavy atom. The number of benzene rings is 1. The molecular weight excluding hydrogens is 244 g/mol. The minimum atomic E-state index is -0.238. The first-order valence-corrected chi connectivity index (χ1v) is 6.26. The summed E-state index contributed by atoms with van der Waals surface area (Å²) in [4.78, 5) is 11.8. The van der Waals surface area contributed by atoms with Crippen LogP contribution in [0.4, 0.5) is 0 Å². The van der Waals surface area contributed by atoms with Gasteiger partial charge in [-0.15, -0.1) is 0 Å². The highest BCUT2D eigenvalue weighted by atomic mass is 16.5. The van der Waals surface area contributed by atoms with E-state index in [-0.39, 0.29) is 24.5 Å². The summed E-state index contributed by atoms with van der Waals surface area (Å²) in [6.45, 7) is 2.26. The zero-order chi connectivity index (χ0) is 14.3. The molecule has 19 heavy (non-hydrogen) atoms. The molecular formula is C14H22N2O3. The third kappa shape index (κ3) is 4.89. The molecule has 1 amide bonds. The van der Waals surface area contributed by atoms with Crippen LogP contribution < -0.4 is 15.8 Å². The zero-order valence-electron chi connectivity index (χ0n) is 11.7. The van der Waals surface area contributed by atoms with Crippen LogP contribution in [0.3, 0.4) is 0 Å². The summed E-state index contributed by atoms with van der Waals surface area (Å²) in [5.74, 6) is 0.697. The van der Waals surface area contributed by atoms with Crippen LogP contribution in [0.15, 0.2) is 24.3 Å². The van der Waals surface area contributed by atoms with E-state index in [0.29, 0.717) is 6.54 Å². The summed E-state index contributed by atoms with van der Waals surface area (Å²) >= 11 is 0. The van der Waals surface area contributed by atoms with Crippen molar-refractivity contribution in [2.45, 2.75) is 25.5 Å². The van der Waals surface area contributed by atoms with Gasteiger partial charge in [-0.1, -0.05) is 12.1 Å². The molecule has 5 nitrogen and oxygen atoms in total. The average molecular weight is 266 g/mol. The Hall–Kier alpha value is -1.59. The van der Waals surface area contributed by atoms with E-state index in [1.54, 1.807) is 14.2 Å². The second-order valence-electron chi connectivity index (χ2n) is 4.36. The van der Waals surface area contributed by atoms with Crippen LogP contribution in [0.25, 0.3) is 0 Å². The normalized spacial score (nSPS) is 13.7. The van der Waals surface area contributed by atoms with Crippen LogP contribution in [-0.2, 0) is 9.53 Å². The third-order valence-corrected chi connectivity index (χ3v) is 2.98. The van der Waals surface area contributed by atoms with E-state index in [0.717, 1.165) is 11.3 Å². The molecule has 0 aliphatic carbocycles. The maximum atomic E-state index is 11.8.